The molecule has 1 aliphatic carbocycles. The number of carboxylic acid groups (broad SMARTS) is 1. The van der Waals surface area contributed by atoms with Gasteiger partial charge in [0, 0.05) is 46.9 Å². The predicted octanol–water partition coefficient (Wildman–Crippen LogP) is 4.55. The molecule has 2 aromatic carbocycles. The third-order valence-electron chi connectivity index (χ3n) is 8.07. The number of β-lactam (4-membered cyclic amide) rings is 1. The van der Waals surface area contributed by atoms with Crippen LogP contribution in [0.25, 0.3) is 33.4 Å². The van der Waals surface area contributed by atoms with Gasteiger partial charge in [-0.15, -0.1) is 0 Å². The van der Waals surface area contributed by atoms with E-state index in [1.807, 2.05) is 37.3 Å². The number of amides is 1. The van der Waals surface area contributed by atoms with Crippen molar-refractivity contribution in [3.8, 4) is 22.5 Å². The van der Waals surface area contributed by atoms with Crippen LogP contribution in [0.1, 0.15) is 41.3 Å². The van der Waals surface area contributed by atoms with Gasteiger partial charge in [-0.1, -0.05) is 18.2 Å². The minimum atomic E-state index is -0.949. The molecule has 1 N–H and O–H groups in total. The van der Waals surface area contributed by atoms with E-state index in [1.165, 1.54) is 16.8 Å². The van der Waals surface area contributed by atoms with Crippen LogP contribution in [0.2, 0.25) is 0 Å². The number of nitrogens with zero attached hydrogens (tertiary/aromatic N) is 2. The van der Waals surface area contributed by atoms with Crippen LogP contribution >= 0.6 is 0 Å². The third-order valence-corrected chi connectivity index (χ3v) is 8.07. The van der Waals surface area contributed by atoms with Gasteiger partial charge in [0.2, 0.25) is 5.36 Å². The summed E-state index contributed by atoms with van der Waals surface area (Å²) in [6.45, 7) is 4.76. The number of anilines is 1. The van der Waals surface area contributed by atoms with E-state index in [1.54, 1.807) is 16.7 Å². The number of benzene rings is 3. The van der Waals surface area contributed by atoms with Crippen molar-refractivity contribution in [2.24, 2.45) is 5.92 Å². The molecule has 6 nitrogen and oxygen atoms in total. The third kappa shape index (κ3) is 3.00. The van der Waals surface area contributed by atoms with Crippen molar-refractivity contribution in [2.45, 2.75) is 32.6 Å². The van der Waals surface area contributed by atoms with Gasteiger partial charge in [-0.3, -0.25) is 0 Å². The quantitative estimate of drug-likeness (QED) is 0.259. The van der Waals surface area contributed by atoms with Gasteiger partial charge in [0.1, 0.15) is 17.3 Å². The highest BCUT2D eigenvalue weighted by molar-refractivity contribution is 6.09. The van der Waals surface area contributed by atoms with Crippen LogP contribution in [0.15, 0.2) is 52.9 Å². The van der Waals surface area contributed by atoms with Gasteiger partial charge in [-0.2, -0.15) is 4.58 Å². The van der Waals surface area contributed by atoms with Crippen molar-refractivity contribution in [1.82, 2.24) is 4.58 Å². The number of aryl methyl sites for hydroxylation is 2. The van der Waals surface area contributed by atoms with Gasteiger partial charge in [0.15, 0.2) is 6.54 Å². The Morgan fingerprint density at radius 3 is 2.64 bits per heavy atom. The zero-order chi connectivity index (χ0) is 24.6. The largest absolute Gasteiger partial charge is 0.478 e. The Bertz CT molecular complexity index is 1650. The standard InChI is InChI=1S/C30H26N2O4/c1-17-16-32(29(17)33)19-10-11-22-25(15-19)36-28-23-9-5-13-31-12-4-6-18(27(23)31)14-24(28)26(22)20-7-2-3-8-21(20)30(34)35/h2-3,7-8,10-11,14-15,17H,4-6,9,12-13,16H2,1H3/p+1. The van der Waals surface area contributed by atoms with Crippen LogP contribution in [-0.4, -0.2) is 36.6 Å². The maximum Gasteiger partial charge on any atom is 0.396 e. The van der Waals surface area contributed by atoms with Crippen LogP contribution < -0.4 is 14.8 Å². The highest BCUT2D eigenvalue weighted by atomic mass is 16.4. The summed E-state index contributed by atoms with van der Waals surface area (Å²) in [5, 5.41) is 11.8. The molecule has 4 heterocycles. The lowest BCUT2D eigenvalue weighted by molar-refractivity contribution is -0.133. The number of carbonyl (C=O) groups is 2. The summed E-state index contributed by atoms with van der Waals surface area (Å²) in [6.07, 6.45) is 4.14. The van der Waals surface area contributed by atoms with Gasteiger partial charge >= 0.3 is 11.9 Å². The van der Waals surface area contributed by atoms with Crippen LogP contribution in [0, 0.1) is 5.92 Å². The fraction of sp³-hybridized carbons (Fsp3) is 0.300. The molecule has 1 atom stereocenters. The molecule has 0 bridgehead atoms. The fourth-order valence-corrected chi connectivity index (χ4v) is 6.36. The molecule has 0 saturated carbocycles. The van der Waals surface area contributed by atoms with Gasteiger partial charge in [-0.05, 0) is 61.9 Å². The molecule has 0 spiro atoms. The molecule has 1 amide bonds. The Balaban J connectivity index is 1.63. The van der Waals surface area contributed by atoms with Gasteiger partial charge in [-0.25, -0.2) is 9.59 Å². The molecule has 1 saturated heterocycles. The number of fused-ring (bicyclic) bond motifs is 3. The van der Waals surface area contributed by atoms with Crippen molar-refractivity contribution in [3.05, 3.63) is 70.6 Å². The molecule has 0 radical (unpaired) electrons. The summed E-state index contributed by atoms with van der Waals surface area (Å²) < 4.78 is 8.47. The van der Waals surface area contributed by atoms with Gasteiger partial charge in [0.05, 0.1) is 11.6 Å². The van der Waals surface area contributed by atoms with Crippen molar-refractivity contribution in [3.63, 3.8) is 0 Å². The average Bonchev–Trinajstić information content (AvgIpc) is 2.90. The predicted molar refractivity (Wildman–Crippen MR) is 138 cm³/mol. The van der Waals surface area contributed by atoms with Gasteiger partial charge < -0.3 is 14.4 Å². The van der Waals surface area contributed by atoms with Gasteiger partial charge in [0.25, 0.3) is 0 Å². The van der Waals surface area contributed by atoms with E-state index < -0.39 is 5.97 Å². The van der Waals surface area contributed by atoms with E-state index in [0.717, 1.165) is 66.2 Å². The minimum Gasteiger partial charge on any atom is -0.478 e. The smallest absolute Gasteiger partial charge is 0.396 e. The molecule has 4 aliphatic heterocycles. The molecule has 36 heavy (non-hydrogen) atoms. The number of carbonyl (C=O) groups excluding carboxylic acids is 1. The first-order chi connectivity index (χ1) is 17.5. The SMILES string of the molecule is CC1C[N+](=c2ccc3c(-c4ccccc4C(=O)O)c4cc5c6c(c4oc-3c2)CCCN6CCC5)C1=O. The van der Waals surface area contributed by atoms with Crippen LogP contribution in [0.5, 0.6) is 0 Å². The van der Waals surface area contributed by atoms with Crippen LogP contribution in [0.4, 0.5) is 5.69 Å². The van der Waals surface area contributed by atoms with Crippen molar-refractivity contribution < 1.29 is 19.1 Å². The summed E-state index contributed by atoms with van der Waals surface area (Å²) in [5.74, 6) is -0.123. The zero-order valence-electron chi connectivity index (χ0n) is 20.2. The molecule has 7 rings (SSSR count). The normalized spacial score (nSPS) is 20.4. The Kier molecular flexibility index (Phi) is 4.62. The molecular weight excluding hydrogens is 452 g/mol. The molecular formula is C30H27N2O4+. The zero-order valence-corrected chi connectivity index (χ0v) is 20.2. The summed E-state index contributed by atoms with van der Waals surface area (Å²) in [6, 6.07) is 15.3. The Morgan fingerprint density at radius 1 is 1.06 bits per heavy atom. The lowest BCUT2D eigenvalue weighted by atomic mass is 9.85. The molecule has 6 heteroatoms. The second-order valence-electron chi connectivity index (χ2n) is 10.3. The Labute approximate surface area is 208 Å². The summed E-state index contributed by atoms with van der Waals surface area (Å²) in [7, 11) is 0. The number of hydrogen-bond acceptors (Lipinski definition) is 4. The first kappa shape index (κ1) is 21.4. The van der Waals surface area contributed by atoms with Crippen molar-refractivity contribution in [2.75, 3.05) is 24.5 Å². The number of rotatable bonds is 2. The molecule has 1 unspecified atom stereocenters. The lowest BCUT2D eigenvalue weighted by Gasteiger charge is -2.37. The number of carboxylic acids is 1. The second-order valence-corrected chi connectivity index (χ2v) is 10.3. The highest BCUT2D eigenvalue weighted by Gasteiger charge is 2.40. The summed E-state index contributed by atoms with van der Waals surface area (Å²) >= 11 is 0. The van der Waals surface area contributed by atoms with Crippen LogP contribution in [0.3, 0.4) is 0 Å². The lowest BCUT2D eigenvalue weighted by Crippen LogP contribution is -2.53. The first-order valence-electron chi connectivity index (χ1n) is 12.8. The molecule has 180 valence electrons. The number of aromatic carboxylic acids is 1. The Hall–Kier alpha value is -3.93. The molecule has 5 aliphatic rings. The van der Waals surface area contributed by atoms with E-state index >= 15 is 0 Å². The maximum absolute atomic E-state index is 12.4. The molecule has 2 aromatic rings. The van der Waals surface area contributed by atoms with Crippen LogP contribution in [-0.2, 0) is 17.6 Å². The van der Waals surface area contributed by atoms with E-state index in [0.29, 0.717) is 17.9 Å². The maximum atomic E-state index is 12.4. The first-order valence-corrected chi connectivity index (χ1v) is 12.8. The minimum absolute atomic E-state index is 0.0363. The fourth-order valence-electron chi connectivity index (χ4n) is 6.36. The highest BCUT2D eigenvalue weighted by Crippen LogP contribution is 2.47. The summed E-state index contributed by atoms with van der Waals surface area (Å²) in [4.78, 5) is 27.2. The van der Waals surface area contributed by atoms with Crippen molar-refractivity contribution >= 4 is 28.5 Å². The molecule has 0 aromatic heterocycles. The van der Waals surface area contributed by atoms with E-state index in [-0.39, 0.29) is 17.4 Å². The Morgan fingerprint density at radius 2 is 1.86 bits per heavy atom. The molecule has 1 fully saturated rings. The van der Waals surface area contributed by atoms with E-state index in [9.17, 15) is 14.7 Å². The average molecular weight is 480 g/mol. The number of hydrogen-bond donors (Lipinski definition) is 1. The van der Waals surface area contributed by atoms with Crippen molar-refractivity contribution in [1.29, 1.82) is 0 Å². The monoisotopic (exact) mass is 479 g/mol. The van der Waals surface area contributed by atoms with E-state index in [2.05, 4.69) is 11.0 Å². The topological polar surface area (TPSA) is 73.8 Å². The summed E-state index contributed by atoms with van der Waals surface area (Å²) in [5.41, 5.74) is 7.40. The second kappa shape index (κ2) is 7.79. The van der Waals surface area contributed by atoms with E-state index in [4.69, 9.17) is 4.42 Å².